The lowest BCUT2D eigenvalue weighted by Gasteiger charge is -2.25. The van der Waals surface area contributed by atoms with Crippen molar-refractivity contribution in [2.45, 2.75) is 25.2 Å². The third-order valence-electron chi connectivity index (χ3n) is 3.33. The Balaban J connectivity index is 0.00000242. The molecular weight excluding hydrogens is 321 g/mol. The van der Waals surface area contributed by atoms with Gasteiger partial charge in [-0.05, 0) is 24.6 Å². The summed E-state index contributed by atoms with van der Waals surface area (Å²) in [6, 6.07) is 3.98. The zero-order valence-corrected chi connectivity index (χ0v) is 12.8. The summed E-state index contributed by atoms with van der Waals surface area (Å²) in [5.74, 6) is -0.220. The Kier molecular flexibility index (Phi) is 6.65. The van der Waals surface area contributed by atoms with E-state index in [0.29, 0.717) is 25.3 Å². The van der Waals surface area contributed by atoms with Gasteiger partial charge in [0.25, 0.3) is 0 Å². The fourth-order valence-corrected chi connectivity index (χ4v) is 2.09. The van der Waals surface area contributed by atoms with Crippen molar-refractivity contribution >= 4 is 18.3 Å². The molecule has 2 N–H and O–H groups in total. The highest BCUT2D eigenvalue weighted by Gasteiger charge is 2.30. The van der Waals surface area contributed by atoms with Gasteiger partial charge in [-0.15, -0.1) is 12.4 Å². The first kappa shape index (κ1) is 18.7. The molecule has 0 aromatic heterocycles. The lowest BCUT2D eigenvalue weighted by molar-refractivity contribution is -0.137. The van der Waals surface area contributed by atoms with E-state index < -0.39 is 17.8 Å². The number of morpholine rings is 1. The zero-order valence-electron chi connectivity index (χ0n) is 11.9. The van der Waals surface area contributed by atoms with Gasteiger partial charge in [-0.2, -0.15) is 13.2 Å². The summed E-state index contributed by atoms with van der Waals surface area (Å²) >= 11 is 0. The van der Waals surface area contributed by atoms with E-state index in [2.05, 4.69) is 10.6 Å². The third-order valence-corrected chi connectivity index (χ3v) is 3.33. The minimum absolute atomic E-state index is 0. The van der Waals surface area contributed by atoms with Crippen LogP contribution in [-0.4, -0.2) is 31.7 Å². The van der Waals surface area contributed by atoms with Crippen molar-refractivity contribution in [2.75, 3.05) is 19.8 Å². The lowest BCUT2D eigenvalue weighted by atomic mass is 10.1. The summed E-state index contributed by atoms with van der Waals surface area (Å²) in [4.78, 5) is 12.0. The van der Waals surface area contributed by atoms with E-state index in [1.54, 1.807) is 6.92 Å². The van der Waals surface area contributed by atoms with Crippen LogP contribution in [0.3, 0.4) is 0 Å². The molecular formula is C14H18ClF3N2O2. The molecule has 8 heteroatoms. The van der Waals surface area contributed by atoms with Crippen molar-refractivity contribution in [1.82, 2.24) is 10.6 Å². The van der Waals surface area contributed by atoms with Crippen LogP contribution in [-0.2, 0) is 15.7 Å². The SMILES string of the molecule is C[C@@H](NC(=O)C1COCCN1)c1ccc(C(F)(F)F)cc1.Cl. The van der Waals surface area contributed by atoms with Gasteiger partial charge in [0.05, 0.1) is 24.8 Å². The highest BCUT2D eigenvalue weighted by atomic mass is 35.5. The van der Waals surface area contributed by atoms with E-state index in [4.69, 9.17) is 4.74 Å². The number of carbonyl (C=O) groups excluding carboxylic acids is 1. The van der Waals surface area contributed by atoms with Gasteiger partial charge >= 0.3 is 6.18 Å². The molecule has 0 bridgehead atoms. The minimum Gasteiger partial charge on any atom is -0.378 e. The maximum Gasteiger partial charge on any atom is 0.416 e. The number of amides is 1. The van der Waals surface area contributed by atoms with Crippen molar-refractivity contribution in [2.24, 2.45) is 0 Å². The summed E-state index contributed by atoms with van der Waals surface area (Å²) in [6.45, 7) is 3.20. The second-order valence-electron chi connectivity index (χ2n) is 4.93. The van der Waals surface area contributed by atoms with Crippen LogP contribution in [0.25, 0.3) is 0 Å². The summed E-state index contributed by atoms with van der Waals surface area (Å²) < 4.78 is 42.6. The molecule has 1 unspecified atom stereocenters. The van der Waals surface area contributed by atoms with Crippen LogP contribution in [0.2, 0.25) is 0 Å². The molecule has 2 rings (SSSR count). The number of rotatable bonds is 3. The van der Waals surface area contributed by atoms with E-state index in [1.165, 1.54) is 12.1 Å². The average molecular weight is 339 g/mol. The van der Waals surface area contributed by atoms with Crippen molar-refractivity contribution in [1.29, 1.82) is 0 Å². The molecule has 1 aliphatic heterocycles. The number of benzene rings is 1. The second kappa shape index (κ2) is 7.80. The molecule has 0 saturated carbocycles. The van der Waals surface area contributed by atoms with E-state index in [1.807, 2.05) is 0 Å². The Morgan fingerprint density at radius 3 is 2.50 bits per heavy atom. The Hall–Kier alpha value is -1.31. The first-order valence-electron chi connectivity index (χ1n) is 6.66. The molecule has 0 radical (unpaired) electrons. The van der Waals surface area contributed by atoms with Crippen LogP contribution in [0, 0.1) is 0 Å². The number of halogens is 4. The molecule has 0 spiro atoms. The van der Waals surface area contributed by atoms with Gasteiger partial charge in [-0.1, -0.05) is 12.1 Å². The van der Waals surface area contributed by atoms with E-state index in [0.717, 1.165) is 12.1 Å². The third kappa shape index (κ3) is 4.86. The second-order valence-corrected chi connectivity index (χ2v) is 4.93. The molecule has 1 heterocycles. The van der Waals surface area contributed by atoms with Gasteiger partial charge in [-0.25, -0.2) is 0 Å². The number of nitrogens with one attached hydrogen (secondary N) is 2. The van der Waals surface area contributed by atoms with Gasteiger partial charge in [0.1, 0.15) is 6.04 Å². The molecule has 22 heavy (non-hydrogen) atoms. The van der Waals surface area contributed by atoms with E-state index in [9.17, 15) is 18.0 Å². The monoisotopic (exact) mass is 338 g/mol. The van der Waals surface area contributed by atoms with Gasteiger partial charge in [-0.3, -0.25) is 4.79 Å². The number of ether oxygens (including phenoxy) is 1. The zero-order chi connectivity index (χ0) is 15.5. The van der Waals surface area contributed by atoms with Gasteiger partial charge in [0.2, 0.25) is 5.91 Å². The summed E-state index contributed by atoms with van der Waals surface area (Å²) in [5.41, 5.74) is -0.0831. The van der Waals surface area contributed by atoms with E-state index >= 15 is 0 Å². The fourth-order valence-electron chi connectivity index (χ4n) is 2.09. The Bertz CT molecular complexity index is 488. The average Bonchev–Trinajstić information content (AvgIpc) is 2.47. The maximum atomic E-state index is 12.5. The highest BCUT2D eigenvalue weighted by molar-refractivity contribution is 5.85. The Morgan fingerprint density at radius 2 is 2.00 bits per heavy atom. The van der Waals surface area contributed by atoms with Crippen LogP contribution in [0.15, 0.2) is 24.3 Å². The standard InChI is InChI=1S/C14H17F3N2O2.ClH/c1-9(19-13(20)12-8-21-7-6-18-12)10-2-4-11(5-3-10)14(15,16)17;/h2-5,9,12,18H,6-8H2,1H3,(H,19,20);1H/t9-,12?;/m1./s1. The normalized spacial score (nSPS) is 19.9. The van der Waals surface area contributed by atoms with Crippen molar-refractivity contribution in [3.05, 3.63) is 35.4 Å². The predicted octanol–water partition coefficient (Wildman–Crippen LogP) is 2.29. The maximum absolute atomic E-state index is 12.5. The highest BCUT2D eigenvalue weighted by Crippen LogP contribution is 2.29. The van der Waals surface area contributed by atoms with Crippen molar-refractivity contribution < 1.29 is 22.7 Å². The molecule has 124 valence electrons. The van der Waals surface area contributed by atoms with Gasteiger partial charge < -0.3 is 15.4 Å². The van der Waals surface area contributed by atoms with Crippen LogP contribution in [0.4, 0.5) is 13.2 Å². The first-order valence-corrected chi connectivity index (χ1v) is 6.66. The Morgan fingerprint density at radius 1 is 1.36 bits per heavy atom. The lowest BCUT2D eigenvalue weighted by Crippen LogP contribution is -2.51. The predicted molar refractivity (Wildman–Crippen MR) is 77.9 cm³/mol. The summed E-state index contributed by atoms with van der Waals surface area (Å²) in [5, 5.41) is 5.78. The number of hydrogen-bond acceptors (Lipinski definition) is 3. The molecule has 0 aliphatic carbocycles. The topological polar surface area (TPSA) is 50.4 Å². The quantitative estimate of drug-likeness (QED) is 0.889. The minimum atomic E-state index is -4.35. The largest absolute Gasteiger partial charge is 0.416 e. The summed E-state index contributed by atoms with van der Waals surface area (Å²) in [6.07, 6.45) is -4.35. The number of alkyl halides is 3. The smallest absolute Gasteiger partial charge is 0.378 e. The van der Waals surface area contributed by atoms with Crippen LogP contribution in [0.1, 0.15) is 24.1 Å². The van der Waals surface area contributed by atoms with Crippen molar-refractivity contribution in [3.8, 4) is 0 Å². The van der Waals surface area contributed by atoms with Gasteiger partial charge in [0.15, 0.2) is 0 Å². The fraction of sp³-hybridized carbons (Fsp3) is 0.500. The Labute approximate surface area is 132 Å². The molecule has 1 aromatic carbocycles. The van der Waals surface area contributed by atoms with Crippen LogP contribution in [0.5, 0.6) is 0 Å². The number of hydrogen-bond donors (Lipinski definition) is 2. The first-order chi connectivity index (χ1) is 9.88. The molecule has 1 amide bonds. The van der Waals surface area contributed by atoms with Gasteiger partial charge in [0, 0.05) is 6.54 Å². The van der Waals surface area contributed by atoms with E-state index in [-0.39, 0.29) is 24.4 Å². The molecule has 1 fully saturated rings. The number of carbonyl (C=O) groups is 1. The molecule has 1 aliphatic rings. The molecule has 2 atom stereocenters. The van der Waals surface area contributed by atoms with Crippen molar-refractivity contribution in [3.63, 3.8) is 0 Å². The van der Waals surface area contributed by atoms with Crippen LogP contribution >= 0.6 is 12.4 Å². The molecule has 1 saturated heterocycles. The molecule has 4 nitrogen and oxygen atoms in total. The van der Waals surface area contributed by atoms with Crippen LogP contribution < -0.4 is 10.6 Å². The summed E-state index contributed by atoms with van der Waals surface area (Å²) in [7, 11) is 0. The molecule has 1 aromatic rings.